The Balaban J connectivity index is 0.000000339. The van der Waals surface area contributed by atoms with E-state index in [-0.39, 0.29) is 0 Å². The quantitative estimate of drug-likeness (QED) is 0.610. The number of nitrogens with zero attached hydrogens (tertiary/aromatic N) is 3. The lowest BCUT2D eigenvalue weighted by Gasteiger charge is -2.23. The average molecular weight is 454 g/mol. The van der Waals surface area contributed by atoms with Crippen LogP contribution < -0.4 is 10.1 Å². The molecule has 31 heavy (non-hydrogen) atoms. The van der Waals surface area contributed by atoms with Crippen molar-refractivity contribution in [3.63, 3.8) is 0 Å². The number of rotatable bonds is 5. The minimum atomic E-state index is -5.08. The zero-order valence-electron chi connectivity index (χ0n) is 16.6. The predicted octanol–water partition coefficient (Wildman–Crippen LogP) is 3.75. The Labute approximate surface area is 180 Å². The zero-order chi connectivity index (χ0) is 22.4. The van der Waals surface area contributed by atoms with Gasteiger partial charge < -0.3 is 19.7 Å². The summed E-state index contributed by atoms with van der Waals surface area (Å²) in [5.41, 5.74) is 2.10. The molecule has 1 aliphatic rings. The SMILES string of the molecule is COc1cccc(-c2csc(CNC3CCn4ccnc4C3)n2)c1.O=C(O)C(F)(F)F. The average Bonchev–Trinajstić information content (AvgIpc) is 3.41. The summed E-state index contributed by atoms with van der Waals surface area (Å²) in [6.07, 6.45) is 0.990. The van der Waals surface area contributed by atoms with Gasteiger partial charge in [0.25, 0.3) is 0 Å². The lowest BCUT2D eigenvalue weighted by Crippen LogP contribution is -2.36. The van der Waals surface area contributed by atoms with Gasteiger partial charge in [0.15, 0.2) is 0 Å². The molecule has 0 spiro atoms. The van der Waals surface area contributed by atoms with Crippen molar-refractivity contribution in [2.45, 2.75) is 38.1 Å². The number of carbonyl (C=O) groups is 1. The van der Waals surface area contributed by atoms with Gasteiger partial charge in [-0.1, -0.05) is 12.1 Å². The first-order chi connectivity index (χ1) is 14.8. The van der Waals surface area contributed by atoms with Gasteiger partial charge in [-0.2, -0.15) is 13.2 Å². The van der Waals surface area contributed by atoms with Crippen molar-refractivity contribution in [2.75, 3.05) is 7.11 Å². The minimum Gasteiger partial charge on any atom is -0.497 e. The Morgan fingerprint density at radius 3 is 2.90 bits per heavy atom. The van der Waals surface area contributed by atoms with Gasteiger partial charge in [0.2, 0.25) is 0 Å². The molecule has 0 amide bonds. The molecule has 0 saturated heterocycles. The molecule has 3 heterocycles. The normalized spacial score (nSPS) is 15.5. The Bertz CT molecular complexity index is 1020. The predicted molar refractivity (Wildman–Crippen MR) is 109 cm³/mol. The van der Waals surface area contributed by atoms with Crippen molar-refractivity contribution in [2.24, 2.45) is 0 Å². The first kappa shape index (κ1) is 22.8. The maximum Gasteiger partial charge on any atom is 0.490 e. The van der Waals surface area contributed by atoms with Crippen LogP contribution in [0.25, 0.3) is 11.3 Å². The number of aromatic nitrogens is 3. The second kappa shape index (κ2) is 9.92. The molecule has 1 atom stereocenters. The molecule has 0 bridgehead atoms. The van der Waals surface area contributed by atoms with Gasteiger partial charge in [-0.15, -0.1) is 11.3 Å². The fraction of sp³-hybridized carbons (Fsp3) is 0.350. The molecular weight excluding hydrogens is 433 g/mol. The molecule has 11 heteroatoms. The van der Waals surface area contributed by atoms with Gasteiger partial charge in [-0.25, -0.2) is 14.8 Å². The number of carboxylic acid groups (broad SMARTS) is 1. The van der Waals surface area contributed by atoms with Crippen LogP contribution in [-0.2, 0) is 24.3 Å². The fourth-order valence-corrected chi connectivity index (χ4v) is 3.82. The molecule has 1 aromatic carbocycles. The molecule has 7 nitrogen and oxygen atoms in total. The van der Waals surface area contributed by atoms with Crippen LogP contribution in [0, 0.1) is 0 Å². The number of alkyl halides is 3. The molecule has 1 unspecified atom stereocenters. The van der Waals surface area contributed by atoms with Gasteiger partial charge in [0.05, 0.1) is 12.8 Å². The van der Waals surface area contributed by atoms with Gasteiger partial charge >= 0.3 is 12.1 Å². The first-order valence-electron chi connectivity index (χ1n) is 9.38. The number of aryl methyl sites for hydroxylation is 1. The number of halogens is 3. The lowest BCUT2D eigenvalue weighted by molar-refractivity contribution is -0.192. The van der Waals surface area contributed by atoms with Crippen LogP contribution in [-0.4, -0.2) is 44.9 Å². The summed E-state index contributed by atoms with van der Waals surface area (Å²) >= 11 is 1.70. The Hall–Kier alpha value is -2.92. The Morgan fingerprint density at radius 2 is 2.19 bits per heavy atom. The van der Waals surface area contributed by atoms with Crippen molar-refractivity contribution in [3.05, 3.63) is 52.9 Å². The van der Waals surface area contributed by atoms with Crippen molar-refractivity contribution in [1.29, 1.82) is 0 Å². The Morgan fingerprint density at radius 1 is 1.42 bits per heavy atom. The number of fused-ring (bicyclic) bond motifs is 1. The van der Waals surface area contributed by atoms with Crippen molar-refractivity contribution in [1.82, 2.24) is 19.9 Å². The number of ether oxygens (including phenoxy) is 1. The molecule has 166 valence electrons. The van der Waals surface area contributed by atoms with Crippen LogP contribution >= 0.6 is 11.3 Å². The third-order valence-corrected chi connectivity index (χ3v) is 5.50. The summed E-state index contributed by atoms with van der Waals surface area (Å²) in [6, 6.07) is 8.51. The second-order valence-corrected chi connectivity index (χ2v) is 7.71. The number of hydrogen-bond acceptors (Lipinski definition) is 6. The number of aliphatic carboxylic acids is 1. The van der Waals surface area contributed by atoms with Crippen molar-refractivity contribution in [3.8, 4) is 17.0 Å². The standard InChI is InChI=1S/C18H20N4OS.C2HF3O2/c1-23-15-4-2-3-13(9-15)16-12-24-18(21-16)11-20-14-5-7-22-8-6-19-17(22)10-14;3-2(4,5)1(6)7/h2-4,6,8-9,12,14,20H,5,7,10-11H2,1H3;(H,6,7). The number of hydrogen-bond donors (Lipinski definition) is 2. The molecule has 1 aliphatic heterocycles. The second-order valence-electron chi connectivity index (χ2n) is 6.77. The number of nitrogens with one attached hydrogen (secondary N) is 1. The summed E-state index contributed by atoms with van der Waals surface area (Å²) in [7, 11) is 1.69. The largest absolute Gasteiger partial charge is 0.497 e. The van der Waals surface area contributed by atoms with Crippen molar-refractivity contribution < 1.29 is 27.8 Å². The van der Waals surface area contributed by atoms with Crippen LogP contribution in [0.3, 0.4) is 0 Å². The van der Waals surface area contributed by atoms with E-state index in [2.05, 4.69) is 32.5 Å². The topological polar surface area (TPSA) is 89.3 Å². The maximum absolute atomic E-state index is 10.6. The molecule has 3 aromatic rings. The molecule has 0 aliphatic carbocycles. The van der Waals surface area contributed by atoms with E-state index >= 15 is 0 Å². The number of imidazole rings is 1. The van der Waals surface area contributed by atoms with E-state index in [9.17, 15) is 13.2 Å². The number of methoxy groups -OCH3 is 1. The van der Waals surface area contributed by atoms with Gasteiger partial charge in [0, 0.05) is 48.9 Å². The number of thiazole rings is 1. The first-order valence-corrected chi connectivity index (χ1v) is 10.3. The smallest absolute Gasteiger partial charge is 0.490 e. The summed E-state index contributed by atoms with van der Waals surface area (Å²) < 4.78 is 39.3. The van der Waals surface area contributed by atoms with E-state index in [1.807, 2.05) is 24.4 Å². The summed E-state index contributed by atoms with van der Waals surface area (Å²) in [5, 5.41) is 14.0. The number of benzene rings is 1. The van der Waals surface area contributed by atoms with Crippen LogP contribution in [0.1, 0.15) is 17.3 Å². The maximum atomic E-state index is 10.6. The molecule has 2 aromatic heterocycles. The third-order valence-electron chi connectivity index (χ3n) is 4.65. The molecule has 0 radical (unpaired) electrons. The molecular formula is C20H21F3N4O3S. The van der Waals surface area contributed by atoms with Crippen LogP contribution in [0.5, 0.6) is 5.75 Å². The van der Waals surface area contributed by atoms with Gasteiger partial charge in [0.1, 0.15) is 16.6 Å². The zero-order valence-corrected chi connectivity index (χ0v) is 17.4. The fourth-order valence-electron chi connectivity index (χ4n) is 3.06. The van der Waals surface area contributed by atoms with Gasteiger partial charge in [-0.3, -0.25) is 0 Å². The highest BCUT2D eigenvalue weighted by Crippen LogP contribution is 2.25. The summed E-state index contributed by atoms with van der Waals surface area (Å²) in [4.78, 5) is 18.1. The van der Waals surface area contributed by atoms with Crippen LogP contribution in [0.4, 0.5) is 13.2 Å². The highest BCUT2D eigenvalue weighted by Gasteiger charge is 2.38. The van der Waals surface area contributed by atoms with Crippen molar-refractivity contribution >= 4 is 17.3 Å². The molecule has 0 saturated carbocycles. The molecule has 4 rings (SSSR count). The lowest BCUT2D eigenvalue weighted by atomic mass is 10.1. The van der Waals surface area contributed by atoms with E-state index in [0.29, 0.717) is 6.04 Å². The third kappa shape index (κ3) is 6.28. The van der Waals surface area contributed by atoms with E-state index in [4.69, 9.17) is 19.6 Å². The molecule has 0 fully saturated rings. The monoisotopic (exact) mass is 454 g/mol. The van der Waals surface area contributed by atoms with E-state index < -0.39 is 12.1 Å². The Kier molecular flexibility index (Phi) is 7.29. The van der Waals surface area contributed by atoms with Gasteiger partial charge in [-0.05, 0) is 18.6 Å². The van der Waals surface area contributed by atoms with Crippen LogP contribution in [0.2, 0.25) is 0 Å². The highest BCUT2D eigenvalue weighted by atomic mass is 32.1. The van der Waals surface area contributed by atoms with E-state index in [0.717, 1.165) is 47.9 Å². The van der Waals surface area contributed by atoms with Crippen LogP contribution in [0.15, 0.2) is 42.0 Å². The summed E-state index contributed by atoms with van der Waals surface area (Å²) in [5.74, 6) is -0.722. The number of carboxylic acids is 1. The minimum absolute atomic E-state index is 0.476. The molecule has 2 N–H and O–H groups in total. The van der Waals surface area contributed by atoms with E-state index in [1.54, 1.807) is 18.4 Å². The van der Waals surface area contributed by atoms with E-state index in [1.165, 1.54) is 5.82 Å². The summed E-state index contributed by atoms with van der Waals surface area (Å²) in [6.45, 7) is 1.85. The highest BCUT2D eigenvalue weighted by molar-refractivity contribution is 7.09.